The van der Waals surface area contributed by atoms with Gasteiger partial charge in [-0.25, -0.2) is 0 Å². The van der Waals surface area contributed by atoms with Gasteiger partial charge in [-0.1, -0.05) is 35.5 Å². The highest BCUT2D eigenvalue weighted by atomic mass is 16.5. The van der Waals surface area contributed by atoms with Crippen molar-refractivity contribution >= 4 is 5.91 Å². The van der Waals surface area contributed by atoms with Crippen molar-refractivity contribution in [3.8, 4) is 6.07 Å². The van der Waals surface area contributed by atoms with E-state index >= 15 is 0 Å². The lowest BCUT2D eigenvalue weighted by atomic mass is 10.00. The van der Waals surface area contributed by atoms with Crippen LogP contribution < -0.4 is 5.32 Å². The minimum atomic E-state index is -0.692. The van der Waals surface area contributed by atoms with E-state index in [1.54, 1.807) is 0 Å². The van der Waals surface area contributed by atoms with E-state index in [1.807, 2.05) is 36.4 Å². The summed E-state index contributed by atoms with van der Waals surface area (Å²) in [6.45, 7) is 0.380. The van der Waals surface area contributed by atoms with Gasteiger partial charge in [0, 0.05) is 13.0 Å². The molecule has 1 aromatic carbocycles. The SMILES string of the molecule is N#CC(Cc1ccccc1)C(=O)NCCc1ncon1. The molecule has 0 bridgehead atoms. The van der Waals surface area contributed by atoms with E-state index in [2.05, 4.69) is 20.0 Å². The van der Waals surface area contributed by atoms with Gasteiger partial charge in [0.2, 0.25) is 12.3 Å². The number of nitrogens with zero attached hydrogens (tertiary/aromatic N) is 3. The van der Waals surface area contributed by atoms with Crippen LogP contribution in [0, 0.1) is 17.2 Å². The van der Waals surface area contributed by atoms with Crippen LogP contribution in [0.5, 0.6) is 0 Å². The second-order valence-electron chi connectivity index (χ2n) is 4.26. The van der Waals surface area contributed by atoms with Crippen molar-refractivity contribution in [3.05, 3.63) is 48.1 Å². The third-order valence-electron chi connectivity index (χ3n) is 2.81. The molecule has 0 aliphatic rings. The minimum absolute atomic E-state index is 0.278. The number of carbonyl (C=O) groups excluding carboxylic acids is 1. The van der Waals surface area contributed by atoms with Gasteiger partial charge in [-0.2, -0.15) is 10.2 Å². The Labute approximate surface area is 116 Å². The summed E-state index contributed by atoms with van der Waals surface area (Å²) in [4.78, 5) is 15.8. The molecule has 0 spiro atoms. The normalized spacial score (nSPS) is 11.6. The number of nitrogens with one attached hydrogen (secondary N) is 1. The zero-order valence-electron chi connectivity index (χ0n) is 10.8. The minimum Gasteiger partial charge on any atom is -0.354 e. The van der Waals surface area contributed by atoms with Crippen LogP contribution in [0.25, 0.3) is 0 Å². The van der Waals surface area contributed by atoms with Gasteiger partial charge in [0.25, 0.3) is 0 Å². The summed E-state index contributed by atoms with van der Waals surface area (Å²) in [6, 6.07) is 11.5. The average molecular weight is 270 g/mol. The highest BCUT2D eigenvalue weighted by Gasteiger charge is 2.17. The van der Waals surface area contributed by atoms with Crippen LogP contribution in [0.3, 0.4) is 0 Å². The molecule has 1 amide bonds. The van der Waals surface area contributed by atoms with Crippen LogP contribution >= 0.6 is 0 Å². The smallest absolute Gasteiger partial charge is 0.237 e. The van der Waals surface area contributed by atoms with Crippen LogP contribution in [0.15, 0.2) is 41.2 Å². The van der Waals surface area contributed by atoms with Crippen molar-refractivity contribution in [1.29, 1.82) is 5.26 Å². The molecular formula is C14H14N4O2. The van der Waals surface area contributed by atoms with E-state index in [9.17, 15) is 4.79 Å². The van der Waals surface area contributed by atoms with Crippen LogP contribution in [-0.4, -0.2) is 22.6 Å². The molecule has 0 saturated carbocycles. The Morgan fingerprint density at radius 1 is 1.40 bits per heavy atom. The first-order valence-electron chi connectivity index (χ1n) is 6.26. The molecule has 6 heteroatoms. The predicted octanol–water partition coefficient (Wildman–Crippen LogP) is 1.11. The quantitative estimate of drug-likeness (QED) is 0.848. The van der Waals surface area contributed by atoms with Crippen LogP contribution in [0.2, 0.25) is 0 Å². The molecule has 2 rings (SSSR count). The molecule has 102 valence electrons. The average Bonchev–Trinajstić information content (AvgIpc) is 2.99. The van der Waals surface area contributed by atoms with E-state index in [0.29, 0.717) is 25.2 Å². The number of rotatable bonds is 6. The Morgan fingerprint density at radius 2 is 2.20 bits per heavy atom. The number of benzene rings is 1. The molecular weight excluding hydrogens is 256 g/mol. The molecule has 0 saturated heterocycles. The largest absolute Gasteiger partial charge is 0.354 e. The van der Waals surface area contributed by atoms with Crippen molar-refractivity contribution < 1.29 is 9.32 Å². The van der Waals surface area contributed by atoms with Gasteiger partial charge in [-0.15, -0.1) is 0 Å². The van der Waals surface area contributed by atoms with E-state index < -0.39 is 5.92 Å². The third kappa shape index (κ3) is 3.92. The number of nitriles is 1. The van der Waals surface area contributed by atoms with Crippen molar-refractivity contribution in [1.82, 2.24) is 15.5 Å². The lowest BCUT2D eigenvalue weighted by Crippen LogP contribution is -2.32. The first-order valence-corrected chi connectivity index (χ1v) is 6.26. The summed E-state index contributed by atoms with van der Waals surface area (Å²) in [5.41, 5.74) is 0.965. The summed E-state index contributed by atoms with van der Waals surface area (Å²) in [5.74, 6) is -0.440. The number of hydrogen-bond donors (Lipinski definition) is 1. The maximum atomic E-state index is 11.9. The molecule has 1 N–H and O–H groups in total. The van der Waals surface area contributed by atoms with Gasteiger partial charge in [0.1, 0.15) is 5.92 Å². The number of hydrogen-bond acceptors (Lipinski definition) is 5. The number of amides is 1. The highest BCUT2D eigenvalue weighted by Crippen LogP contribution is 2.08. The maximum absolute atomic E-state index is 11.9. The monoisotopic (exact) mass is 270 g/mol. The summed E-state index contributed by atoms with van der Waals surface area (Å²) in [5, 5.41) is 15.4. The Bertz CT molecular complexity index is 575. The molecule has 0 fully saturated rings. The Morgan fingerprint density at radius 3 is 2.85 bits per heavy atom. The van der Waals surface area contributed by atoms with Crippen LogP contribution in [-0.2, 0) is 17.6 Å². The van der Waals surface area contributed by atoms with Gasteiger partial charge in [-0.3, -0.25) is 4.79 Å². The van der Waals surface area contributed by atoms with Gasteiger partial charge < -0.3 is 9.84 Å². The molecule has 1 heterocycles. The van der Waals surface area contributed by atoms with E-state index in [4.69, 9.17) is 5.26 Å². The van der Waals surface area contributed by atoms with Gasteiger partial charge in [0.05, 0.1) is 6.07 Å². The first kappa shape index (κ1) is 13.7. The number of carbonyl (C=O) groups is 1. The van der Waals surface area contributed by atoms with E-state index in [1.165, 1.54) is 6.39 Å². The third-order valence-corrected chi connectivity index (χ3v) is 2.81. The fourth-order valence-corrected chi connectivity index (χ4v) is 1.77. The Hall–Kier alpha value is -2.68. The molecule has 1 atom stereocenters. The predicted molar refractivity (Wildman–Crippen MR) is 70.3 cm³/mol. The molecule has 6 nitrogen and oxygen atoms in total. The zero-order chi connectivity index (χ0) is 14.2. The van der Waals surface area contributed by atoms with Crippen molar-refractivity contribution in [2.24, 2.45) is 5.92 Å². The summed E-state index contributed by atoms with van der Waals surface area (Å²) in [7, 11) is 0. The lowest BCUT2D eigenvalue weighted by molar-refractivity contribution is -0.123. The molecule has 0 aliphatic carbocycles. The zero-order valence-corrected chi connectivity index (χ0v) is 10.8. The standard InChI is InChI=1S/C14H14N4O2/c15-9-12(8-11-4-2-1-3-5-11)14(19)16-7-6-13-17-10-20-18-13/h1-5,10,12H,6-8H2,(H,16,19). The Kier molecular flexibility index (Phi) is 4.84. The summed E-state index contributed by atoms with van der Waals surface area (Å²) < 4.78 is 4.59. The lowest BCUT2D eigenvalue weighted by Gasteiger charge is -2.09. The van der Waals surface area contributed by atoms with Crippen molar-refractivity contribution in [2.45, 2.75) is 12.8 Å². The fourth-order valence-electron chi connectivity index (χ4n) is 1.77. The first-order chi connectivity index (χ1) is 9.79. The van der Waals surface area contributed by atoms with Crippen molar-refractivity contribution in [3.63, 3.8) is 0 Å². The molecule has 1 unspecified atom stereocenters. The van der Waals surface area contributed by atoms with Crippen molar-refractivity contribution in [2.75, 3.05) is 6.54 Å². The summed E-state index contributed by atoms with van der Waals surface area (Å²) >= 11 is 0. The van der Waals surface area contributed by atoms with Gasteiger partial charge >= 0.3 is 0 Å². The fraction of sp³-hybridized carbons (Fsp3) is 0.286. The van der Waals surface area contributed by atoms with Crippen LogP contribution in [0.1, 0.15) is 11.4 Å². The molecule has 2 aromatic rings. The van der Waals surface area contributed by atoms with Gasteiger partial charge in [-0.05, 0) is 12.0 Å². The highest BCUT2D eigenvalue weighted by molar-refractivity contribution is 5.81. The second-order valence-corrected chi connectivity index (χ2v) is 4.26. The van der Waals surface area contributed by atoms with E-state index in [0.717, 1.165) is 5.56 Å². The number of aromatic nitrogens is 2. The summed E-state index contributed by atoms with van der Waals surface area (Å²) in [6.07, 6.45) is 2.13. The molecule has 0 radical (unpaired) electrons. The van der Waals surface area contributed by atoms with Gasteiger partial charge in [0.15, 0.2) is 5.82 Å². The molecule has 0 aliphatic heterocycles. The Balaban J connectivity index is 1.82. The maximum Gasteiger partial charge on any atom is 0.237 e. The molecule has 20 heavy (non-hydrogen) atoms. The van der Waals surface area contributed by atoms with Crippen LogP contribution in [0.4, 0.5) is 0 Å². The van der Waals surface area contributed by atoms with E-state index in [-0.39, 0.29) is 5.91 Å². The topological polar surface area (TPSA) is 91.8 Å². The molecule has 1 aromatic heterocycles. The second kappa shape index (κ2) is 7.04.